The minimum Gasteiger partial charge on any atom is -0.361 e. The predicted molar refractivity (Wildman–Crippen MR) is 108 cm³/mol. The second-order valence-electron chi connectivity index (χ2n) is 6.48. The average molecular weight is 390 g/mol. The van der Waals surface area contributed by atoms with Gasteiger partial charge in [0.2, 0.25) is 0 Å². The van der Waals surface area contributed by atoms with Gasteiger partial charge in [-0.25, -0.2) is 12.4 Å². The number of aromatic amines is 1. The van der Waals surface area contributed by atoms with Crippen LogP contribution in [0.4, 0.5) is 0 Å². The topological polar surface area (TPSA) is 90.7 Å². The molecule has 0 atom stereocenters. The fraction of sp³-hybridized carbons (Fsp3) is 0.0952. The van der Waals surface area contributed by atoms with E-state index in [1.54, 1.807) is 18.3 Å². The first-order valence-corrected chi connectivity index (χ1v) is 10.2. The summed E-state index contributed by atoms with van der Waals surface area (Å²) in [6, 6.07) is 17.7. The van der Waals surface area contributed by atoms with Crippen LogP contribution in [0, 0.1) is 11.3 Å². The van der Waals surface area contributed by atoms with Gasteiger partial charge in [-0.05, 0) is 60.6 Å². The smallest absolute Gasteiger partial charge is 0.268 e. The van der Waals surface area contributed by atoms with Crippen molar-refractivity contribution in [2.24, 2.45) is 0 Å². The third-order valence-electron chi connectivity index (χ3n) is 4.59. The molecule has 0 bridgehead atoms. The molecule has 6 nitrogen and oxygen atoms in total. The molecule has 0 saturated heterocycles. The van der Waals surface area contributed by atoms with Crippen molar-refractivity contribution < 1.29 is 8.42 Å². The lowest BCUT2D eigenvalue weighted by atomic mass is 10.1. The van der Waals surface area contributed by atoms with Crippen LogP contribution in [0.5, 0.6) is 0 Å². The number of benzene rings is 2. The first-order valence-electron chi connectivity index (χ1n) is 8.72. The standard InChI is InChI=1S/C21H18N4O2S/c1-23-13-16-10-21(18-5-6-20-17(11-18)7-8-24-20)25(14-16)28(26,27)19-4-2-3-15(9-19)12-22/h2-11,14,23-24H,13H2,1H3. The molecule has 0 unspecified atom stereocenters. The minimum absolute atomic E-state index is 0.0853. The van der Waals surface area contributed by atoms with Crippen molar-refractivity contribution in [3.63, 3.8) is 0 Å². The maximum Gasteiger partial charge on any atom is 0.268 e. The highest BCUT2D eigenvalue weighted by Crippen LogP contribution is 2.29. The summed E-state index contributed by atoms with van der Waals surface area (Å²) >= 11 is 0. The van der Waals surface area contributed by atoms with Gasteiger partial charge in [0.05, 0.1) is 22.2 Å². The third kappa shape index (κ3) is 3.09. The highest BCUT2D eigenvalue weighted by Gasteiger charge is 2.22. The number of rotatable bonds is 5. The minimum atomic E-state index is -3.86. The molecular formula is C21H18N4O2S. The number of H-pyrrole nitrogens is 1. The molecule has 0 saturated carbocycles. The molecular weight excluding hydrogens is 372 g/mol. The summed E-state index contributed by atoms with van der Waals surface area (Å²) in [6.45, 7) is 0.542. The molecule has 0 fully saturated rings. The molecule has 0 radical (unpaired) electrons. The number of nitriles is 1. The predicted octanol–water partition coefficient (Wildman–Crippen LogP) is 3.46. The zero-order chi connectivity index (χ0) is 19.7. The van der Waals surface area contributed by atoms with Crippen LogP contribution in [0.15, 0.2) is 71.9 Å². The Kier molecular flexibility index (Phi) is 4.51. The maximum atomic E-state index is 13.4. The second kappa shape index (κ2) is 7.00. The largest absolute Gasteiger partial charge is 0.361 e. The van der Waals surface area contributed by atoms with Crippen molar-refractivity contribution in [1.82, 2.24) is 14.3 Å². The van der Waals surface area contributed by atoms with Crippen molar-refractivity contribution >= 4 is 20.9 Å². The molecule has 4 aromatic rings. The van der Waals surface area contributed by atoms with Crippen molar-refractivity contribution in [1.29, 1.82) is 5.26 Å². The summed E-state index contributed by atoms with van der Waals surface area (Å²) in [5.41, 5.74) is 3.53. The summed E-state index contributed by atoms with van der Waals surface area (Å²) in [6.07, 6.45) is 3.48. The van der Waals surface area contributed by atoms with Crippen molar-refractivity contribution in [3.05, 3.63) is 78.1 Å². The van der Waals surface area contributed by atoms with Gasteiger partial charge < -0.3 is 10.3 Å². The van der Waals surface area contributed by atoms with Gasteiger partial charge in [0.25, 0.3) is 10.0 Å². The first-order chi connectivity index (χ1) is 13.5. The van der Waals surface area contributed by atoms with Gasteiger partial charge in [0.15, 0.2) is 0 Å². The fourth-order valence-corrected chi connectivity index (χ4v) is 4.70. The van der Waals surface area contributed by atoms with Crippen molar-refractivity contribution in [2.75, 3.05) is 7.05 Å². The molecule has 28 heavy (non-hydrogen) atoms. The molecule has 0 amide bonds. The number of nitrogens with one attached hydrogen (secondary N) is 2. The van der Waals surface area contributed by atoms with Crippen LogP contribution in [0.3, 0.4) is 0 Å². The van der Waals surface area contributed by atoms with E-state index in [9.17, 15) is 8.42 Å². The van der Waals surface area contributed by atoms with E-state index in [2.05, 4.69) is 10.3 Å². The number of hydrogen-bond donors (Lipinski definition) is 2. The van der Waals surface area contributed by atoms with Crippen LogP contribution in [0.25, 0.3) is 22.2 Å². The van der Waals surface area contributed by atoms with E-state index < -0.39 is 10.0 Å². The first kappa shape index (κ1) is 18.0. The summed E-state index contributed by atoms with van der Waals surface area (Å²) in [5.74, 6) is 0. The van der Waals surface area contributed by atoms with Crippen LogP contribution in [0.1, 0.15) is 11.1 Å². The number of aromatic nitrogens is 2. The van der Waals surface area contributed by atoms with Crippen molar-refractivity contribution in [2.45, 2.75) is 11.4 Å². The summed E-state index contributed by atoms with van der Waals surface area (Å²) in [5, 5.41) is 13.2. The Morgan fingerprint density at radius 3 is 2.79 bits per heavy atom. The van der Waals surface area contributed by atoms with E-state index in [0.29, 0.717) is 17.8 Å². The van der Waals surface area contributed by atoms with E-state index in [1.807, 2.05) is 49.6 Å². The Morgan fingerprint density at radius 1 is 1.14 bits per heavy atom. The van der Waals surface area contributed by atoms with Gasteiger partial charge in [-0.1, -0.05) is 12.1 Å². The van der Waals surface area contributed by atoms with E-state index in [1.165, 1.54) is 16.1 Å². The molecule has 0 spiro atoms. The Morgan fingerprint density at radius 2 is 2.00 bits per heavy atom. The van der Waals surface area contributed by atoms with Crippen LogP contribution in [-0.4, -0.2) is 24.4 Å². The number of fused-ring (bicyclic) bond motifs is 1. The number of nitrogens with zero attached hydrogens (tertiary/aromatic N) is 2. The average Bonchev–Trinajstić information content (AvgIpc) is 3.35. The van der Waals surface area contributed by atoms with E-state index in [4.69, 9.17) is 5.26 Å². The SMILES string of the molecule is CNCc1cc(-c2ccc3[nH]ccc3c2)n(S(=O)(=O)c2cccc(C#N)c2)c1. The van der Waals surface area contributed by atoms with Crippen LogP contribution < -0.4 is 5.32 Å². The molecule has 2 heterocycles. The molecule has 4 rings (SSSR count). The molecule has 2 aromatic heterocycles. The Balaban J connectivity index is 1.91. The quantitative estimate of drug-likeness (QED) is 0.546. The van der Waals surface area contributed by atoms with Crippen LogP contribution in [0.2, 0.25) is 0 Å². The Bertz CT molecular complexity index is 1310. The van der Waals surface area contributed by atoms with E-state index >= 15 is 0 Å². The molecule has 2 aromatic carbocycles. The van der Waals surface area contributed by atoms with Gasteiger partial charge in [0, 0.05) is 29.8 Å². The molecule has 7 heteroatoms. The monoisotopic (exact) mass is 390 g/mol. The van der Waals surface area contributed by atoms with Gasteiger partial charge in [0.1, 0.15) is 0 Å². The maximum absolute atomic E-state index is 13.4. The van der Waals surface area contributed by atoms with Gasteiger partial charge in [-0.15, -0.1) is 0 Å². The molecule has 2 N–H and O–H groups in total. The normalized spacial score (nSPS) is 11.6. The summed E-state index contributed by atoms with van der Waals surface area (Å²) in [4.78, 5) is 3.23. The number of hydrogen-bond acceptors (Lipinski definition) is 4. The Labute approximate surface area is 163 Å². The van der Waals surface area contributed by atoms with E-state index in [0.717, 1.165) is 22.0 Å². The van der Waals surface area contributed by atoms with Crippen molar-refractivity contribution in [3.8, 4) is 17.3 Å². The van der Waals surface area contributed by atoms with E-state index in [-0.39, 0.29) is 4.90 Å². The van der Waals surface area contributed by atoms with Gasteiger partial charge >= 0.3 is 0 Å². The second-order valence-corrected chi connectivity index (χ2v) is 8.30. The lowest BCUT2D eigenvalue weighted by Gasteiger charge is -2.11. The molecule has 0 aliphatic carbocycles. The Hall–Kier alpha value is -3.34. The van der Waals surface area contributed by atoms with Crippen LogP contribution >= 0.6 is 0 Å². The highest BCUT2D eigenvalue weighted by molar-refractivity contribution is 7.90. The van der Waals surface area contributed by atoms with Gasteiger partial charge in [-0.3, -0.25) is 0 Å². The molecule has 0 aliphatic heterocycles. The summed E-state index contributed by atoms with van der Waals surface area (Å²) < 4.78 is 28.0. The fourth-order valence-electron chi connectivity index (χ4n) is 3.26. The zero-order valence-corrected chi connectivity index (χ0v) is 16.0. The lowest BCUT2D eigenvalue weighted by Crippen LogP contribution is -2.13. The lowest BCUT2D eigenvalue weighted by molar-refractivity contribution is 0.588. The third-order valence-corrected chi connectivity index (χ3v) is 6.26. The molecule has 140 valence electrons. The van der Waals surface area contributed by atoms with Crippen LogP contribution in [-0.2, 0) is 16.6 Å². The highest BCUT2D eigenvalue weighted by atomic mass is 32.2. The zero-order valence-electron chi connectivity index (χ0n) is 15.2. The van der Waals surface area contributed by atoms with Gasteiger partial charge in [-0.2, -0.15) is 5.26 Å². The molecule has 0 aliphatic rings. The summed E-state index contributed by atoms with van der Waals surface area (Å²) in [7, 11) is -2.04.